The fourth-order valence-electron chi connectivity index (χ4n) is 2.09. The average molecular weight is 418 g/mol. The lowest BCUT2D eigenvalue weighted by Crippen LogP contribution is -2.17. The molecular weight excluding hydrogens is 403 g/mol. The summed E-state index contributed by atoms with van der Waals surface area (Å²) < 4.78 is 71.2. The molecule has 2 rings (SSSR count). The van der Waals surface area contributed by atoms with Gasteiger partial charge in [-0.3, -0.25) is 4.79 Å². The first-order valence-electron chi connectivity index (χ1n) is 7.94. The minimum atomic E-state index is -4.47. The number of hydrogen-bond acceptors (Lipinski definition) is 5. The van der Waals surface area contributed by atoms with Crippen LogP contribution in [0.1, 0.15) is 11.1 Å². The molecule has 0 radical (unpaired) electrons. The van der Waals surface area contributed by atoms with E-state index in [4.69, 9.17) is 9.57 Å². The van der Waals surface area contributed by atoms with E-state index in [0.717, 1.165) is 24.3 Å². The number of halogens is 5. The second-order valence-corrected chi connectivity index (χ2v) is 5.42. The molecule has 0 spiro atoms. The Morgan fingerprint density at radius 3 is 2.41 bits per heavy atom. The van der Waals surface area contributed by atoms with E-state index >= 15 is 0 Å². The van der Waals surface area contributed by atoms with Crippen LogP contribution in [0.25, 0.3) is 0 Å². The fraction of sp³-hybridized carbons (Fsp3) is 0.222. The molecule has 0 saturated heterocycles. The molecule has 0 fully saturated rings. The van der Waals surface area contributed by atoms with Crippen LogP contribution in [-0.2, 0) is 15.8 Å². The van der Waals surface area contributed by atoms with E-state index < -0.39 is 30.9 Å². The first kappa shape index (κ1) is 21.9. The Morgan fingerprint density at radius 2 is 1.83 bits per heavy atom. The molecule has 0 saturated carbocycles. The lowest BCUT2D eigenvalue weighted by atomic mass is 10.2. The van der Waals surface area contributed by atoms with Gasteiger partial charge in [0.1, 0.15) is 0 Å². The standard InChI is InChI=1S/C18H15F5N2O4/c1-27-15-8-11(2-7-14(15)29-17(19)20)9-24-28-10-16(26)25-13-5-3-12(4-6-13)18(21,22)23/h2-9,17H,10H2,1H3,(H,25,26)/b24-9+. The van der Waals surface area contributed by atoms with Gasteiger partial charge in [0.15, 0.2) is 18.1 Å². The predicted octanol–water partition coefficient (Wildman–Crippen LogP) is 4.30. The molecule has 0 aliphatic heterocycles. The molecular formula is C18H15F5N2O4. The summed E-state index contributed by atoms with van der Waals surface area (Å²) in [6, 6.07) is 7.93. The van der Waals surface area contributed by atoms with Crippen molar-refractivity contribution in [3.05, 3.63) is 53.6 Å². The monoisotopic (exact) mass is 418 g/mol. The van der Waals surface area contributed by atoms with Crippen LogP contribution in [0, 0.1) is 0 Å². The Bertz CT molecular complexity index is 854. The Hall–Kier alpha value is -3.37. The van der Waals surface area contributed by atoms with Crippen molar-refractivity contribution in [1.29, 1.82) is 0 Å². The molecule has 1 amide bonds. The molecule has 0 aromatic heterocycles. The van der Waals surface area contributed by atoms with Crippen LogP contribution in [0.4, 0.5) is 27.6 Å². The topological polar surface area (TPSA) is 69.2 Å². The number of oxime groups is 1. The zero-order chi connectivity index (χ0) is 21.4. The second kappa shape index (κ2) is 9.71. The summed E-state index contributed by atoms with van der Waals surface area (Å²) in [4.78, 5) is 16.5. The Morgan fingerprint density at radius 1 is 1.14 bits per heavy atom. The first-order valence-corrected chi connectivity index (χ1v) is 7.94. The zero-order valence-corrected chi connectivity index (χ0v) is 14.9. The molecule has 156 valence electrons. The number of nitrogens with one attached hydrogen (secondary N) is 1. The number of hydrogen-bond donors (Lipinski definition) is 1. The number of alkyl halides is 5. The molecule has 0 aliphatic carbocycles. The number of rotatable bonds is 8. The summed E-state index contributed by atoms with van der Waals surface area (Å²) in [5.41, 5.74) is -0.252. The van der Waals surface area contributed by atoms with Gasteiger partial charge >= 0.3 is 12.8 Å². The Kier molecular flexibility index (Phi) is 7.34. The minimum absolute atomic E-state index is 0.0503. The molecule has 0 atom stereocenters. The van der Waals surface area contributed by atoms with Gasteiger partial charge in [-0.2, -0.15) is 22.0 Å². The summed E-state index contributed by atoms with van der Waals surface area (Å²) in [7, 11) is 1.27. The highest BCUT2D eigenvalue weighted by Gasteiger charge is 2.29. The Balaban J connectivity index is 1.86. The van der Waals surface area contributed by atoms with E-state index in [1.807, 2.05) is 0 Å². The number of methoxy groups -OCH3 is 1. The minimum Gasteiger partial charge on any atom is -0.493 e. The van der Waals surface area contributed by atoms with Gasteiger partial charge in [0.05, 0.1) is 18.9 Å². The van der Waals surface area contributed by atoms with E-state index in [1.54, 1.807) is 0 Å². The predicted molar refractivity (Wildman–Crippen MR) is 93.2 cm³/mol. The van der Waals surface area contributed by atoms with Gasteiger partial charge in [-0.1, -0.05) is 5.16 Å². The highest BCUT2D eigenvalue weighted by molar-refractivity contribution is 5.91. The van der Waals surface area contributed by atoms with Crippen molar-refractivity contribution in [2.24, 2.45) is 5.16 Å². The second-order valence-electron chi connectivity index (χ2n) is 5.42. The van der Waals surface area contributed by atoms with Gasteiger partial charge in [0.25, 0.3) is 5.91 Å². The third-order valence-electron chi connectivity index (χ3n) is 3.37. The molecule has 29 heavy (non-hydrogen) atoms. The Labute approximate surface area is 161 Å². The maximum atomic E-state index is 12.5. The highest BCUT2D eigenvalue weighted by atomic mass is 19.4. The largest absolute Gasteiger partial charge is 0.493 e. The number of anilines is 1. The van der Waals surface area contributed by atoms with Crippen LogP contribution < -0.4 is 14.8 Å². The first-order chi connectivity index (χ1) is 13.7. The average Bonchev–Trinajstić information content (AvgIpc) is 2.65. The number of carbonyl (C=O) groups is 1. The van der Waals surface area contributed by atoms with E-state index in [1.165, 1.54) is 31.5 Å². The highest BCUT2D eigenvalue weighted by Crippen LogP contribution is 2.30. The van der Waals surface area contributed by atoms with E-state index in [-0.39, 0.29) is 17.2 Å². The molecule has 0 heterocycles. The van der Waals surface area contributed by atoms with Crippen LogP contribution in [0.5, 0.6) is 11.5 Å². The van der Waals surface area contributed by atoms with E-state index in [0.29, 0.717) is 5.56 Å². The summed E-state index contributed by atoms with van der Waals surface area (Å²) in [6.45, 7) is -3.50. The van der Waals surface area contributed by atoms with Gasteiger partial charge in [-0.25, -0.2) is 0 Å². The van der Waals surface area contributed by atoms with Gasteiger partial charge < -0.3 is 19.6 Å². The van der Waals surface area contributed by atoms with Crippen LogP contribution in [0.3, 0.4) is 0 Å². The van der Waals surface area contributed by atoms with Crippen LogP contribution >= 0.6 is 0 Å². The number of carbonyl (C=O) groups excluding carboxylic acids is 1. The maximum absolute atomic E-state index is 12.5. The quantitative estimate of drug-likeness (QED) is 0.394. The van der Waals surface area contributed by atoms with Crippen LogP contribution in [0.2, 0.25) is 0 Å². The third-order valence-corrected chi connectivity index (χ3v) is 3.37. The molecule has 6 nitrogen and oxygen atoms in total. The molecule has 2 aromatic carbocycles. The van der Waals surface area contributed by atoms with E-state index in [9.17, 15) is 26.7 Å². The van der Waals surface area contributed by atoms with Crippen LogP contribution in [0.15, 0.2) is 47.6 Å². The van der Waals surface area contributed by atoms with Gasteiger partial charge in [0.2, 0.25) is 0 Å². The molecule has 11 heteroatoms. The lowest BCUT2D eigenvalue weighted by molar-refractivity contribution is -0.137. The van der Waals surface area contributed by atoms with Crippen molar-refractivity contribution >= 4 is 17.8 Å². The van der Waals surface area contributed by atoms with Crippen molar-refractivity contribution in [2.75, 3.05) is 19.0 Å². The van der Waals surface area contributed by atoms with Gasteiger partial charge in [-0.05, 0) is 42.5 Å². The molecule has 1 N–H and O–H groups in total. The molecule has 2 aromatic rings. The maximum Gasteiger partial charge on any atom is 0.416 e. The van der Waals surface area contributed by atoms with Gasteiger partial charge in [-0.15, -0.1) is 0 Å². The van der Waals surface area contributed by atoms with Crippen molar-refractivity contribution in [1.82, 2.24) is 0 Å². The van der Waals surface area contributed by atoms with Crippen LogP contribution in [-0.4, -0.2) is 32.4 Å². The van der Waals surface area contributed by atoms with Gasteiger partial charge in [0, 0.05) is 11.3 Å². The normalized spacial score (nSPS) is 11.6. The van der Waals surface area contributed by atoms with E-state index in [2.05, 4.69) is 15.2 Å². The van der Waals surface area contributed by atoms with Crippen molar-refractivity contribution in [3.63, 3.8) is 0 Å². The molecule has 0 bridgehead atoms. The summed E-state index contributed by atoms with van der Waals surface area (Å²) in [5.74, 6) is -0.744. The number of benzene rings is 2. The summed E-state index contributed by atoms with van der Waals surface area (Å²) in [5, 5.41) is 5.91. The molecule has 0 aliphatic rings. The third kappa shape index (κ3) is 6.94. The smallest absolute Gasteiger partial charge is 0.416 e. The van der Waals surface area contributed by atoms with Crippen molar-refractivity contribution < 1.29 is 41.1 Å². The van der Waals surface area contributed by atoms with Crippen molar-refractivity contribution in [2.45, 2.75) is 12.8 Å². The summed E-state index contributed by atoms with van der Waals surface area (Å²) in [6.07, 6.45) is -3.26. The zero-order valence-electron chi connectivity index (χ0n) is 14.9. The fourth-order valence-corrected chi connectivity index (χ4v) is 2.09. The SMILES string of the molecule is COc1cc(/C=N/OCC(=O)Nc2ccc(C(F)(F)F)cc2)ccc1OC(F)F. The molecule has 0 unspecified atom stereocenters. The number of amides is 1. The summed E-state index contributed by atoms with van der Waals surface area (Å²) >= 11 is 0. The number of ether oxygens (including phenoxy) is 2. The number of nitrogens with zero attached hydrogens (tertiary/aromatic N) is 1. The lowest BCUT2D eigenvalue weighted by Gasteiger charge is -2.10. The van der Waals surface area contributed by atoms with Crippen molar-refractivity contribution in [3.8, 4) is 11.5 Å².